The molecule has 2 aromatic rings. The third kappa shape index (κ3) is 4.44. The van der Waals surface area contributed by atoms with Crippen molar-refractivity contribution in [2.45, 2.75) is 12.5 Å². The van der Waals surface area contributed by atoms with E-state index in [4.69, 9.17) is 11.6 Å². The number of carbonyl (C=O) groups excluding carboxylic acids is 2. The zero-order chi connectivity index (χ0) is 21.1. The van der Waals surface area contributed by atoms with Crippen LogP contribution in [0.25, 0.3) is 5.76 Å². The van der Waals surface area contributed by atoms with Crippen molar-refractivity contribution >= 4 is 29.1 Å². The summed E-state index contributed by atoms with van der Waals surface area (Å²) in [5.74, 6) is -1.53. The summed E-state index contributed by atoms with van der Waals surface area (Å²) in [6, 6.07) is 12.0. The average molecular weight is 415 g/mol. The fraction of sp³-hybridized carbons (Fsp3) is 0.273. The molecule has 1 amide bonds. The molecule has 29 heavy (non-hydrogen) atoms. The number of carbonyl (C=O) groups is 2. The standard InChI is InChI=1S/C22H23ClN2O4/c1-24(2)12-3-13-25-19(14-6-10-17(26)11-7-14)18(21(28)22(25)29)20(27)15-4-8-16(23)9-5-15/h4-11,19,26-27H,3,12-13H2,1-2H3/b20-18-. The molecule has 0 radical (unpaired) electrons. The van der Waals surface area contributed by atoms with E-state index in [0.717, 1.165) is 6.54 Å². The Morgan fingerprint density at radius 3 is 2.28 bits per heavy atom. The number of Topliss-reactive ketones (excluding diaryl/α,β-unsaturated/α-hetero) is 1. The number of aromatic hydroxyl groups is 1. The van der Waals surface area contributed by atoms with Gasteiger partial charge in [-0.05, 0) is 69.0 Å². The Morgan fingerprint density at radius 1 is 1.07 bits per heavy atom. The number of aliphatic hydroxyl groups is 1. The largest absolute Gasteiger partial charge is 0.508 e. The van der Waals surface area contributed by atoms with E-state index in [9.17, 15) is 19.8 Å². The fourth-order valence-corrected chi connectivity index (χ4v) is 3.56. The van der Waals surface area contributed by atoms with Crippen molar-refractivity contribution in [1.82, 2.24) is 9.80 Å². The Morgan fingerprint density at radius 2 is 1.69 bits per heavy atom. The third-order valence-corrected chi connectivity index (χ3v) is 5.12. The van der Waals surface area contributed by atoms with E-state index in [2.05, 4.69) is 0 Å². The van der Waals surface area contributed by atoms with E-state index in [1.807, 2.05) is 19.0 Å². The van der Waals surface area contributed by atoms with Gasteiger partial charge in [-0.1, -0.05) is 23.7 Å². The van der Waals surface area contributed by atoms with Crippen molar-refractivity contribution in [3.8, 4) is 5.75 Å². The molecule has 1 fully saturated rings. The second kappa shape index (κ2) is 8.68. The number of likely N-dealkylation sites (tertiary alicyclic amines) is 1. The monoisotopic (exact) mass is 414 g/mol. The van der Waals surface area contributed by atoms with Gasteiger partial charge in [-0.3, -0.25) is 9.59 Å². The molecule has 1 saturated heterocycles. The van der Waals surface area contributed by atoms with Crippen LogP contribution in [0.1, 0.15) is 23.6 Å². The number of hydrogen-bond donors (Lipinski definition) is 2. The van der Waals surface area contributed by atoms with Gasteiger partial charge in [0.25, 0.3) is 11.7 Å². The summed E-state index contributed by atoms with van der Waals surface area (Å²) in [7, 11) is 3.87. The Hall–Kier alpha value is -2.83. The molecule has 1 aliphatic rings. The molecule has 2 aromatic carbocycles. The molecular weight excluding hydrogens is 392 g/mol. The Kier molecular flexibility index (Phi) is 6.25. The summed E-state index contributed by atoms with van der Waals surface area (Å²) in [6.07, 6.45) is 0.676. The van der Waals surface area contributed by atoms with Gasteiger partial charge in [0.2, 0.25) is 0 Å². The first-order chi connectivity index (χ1) is 13.8. The highest BCUT2D eigenvalue weighted by atomic mass is 35.5. The van der Waals surface area contributed by atoms with E-state index in [1.165, 1.54) is 17.0 Å². The lowest BCUT2D eigenvalue weighted by Crippen LogP contribution is -2.32. The van der Waals surface area contributed by atoms with E-state index < -0.39 is 17.7 Å². The normalized spacial score (nSPS) is 18.6. The molecule has 0 bridgehead atoms. The van der Waals surface area contributed by atoms with E-state index in [1.54, 1.807) is 36.4 Å². The van der Waals surface area contributed by atoms with Crippen LogP contribution in [-0.4, -0.2) is 58.9 Å². The summed E-state index contributed by atoms with van der Waals surface area (Å²) >= 11 is 5.92. The molecule has 2 N–H and O–H groups in total. The molecular formula is C22H23ClN2O4. The van der Waals surface area contributed by atoms with Gasteiger partial charge in [-0.15, -0.1) is 0 Å². The highest BCUT2D eigenvalue weighted by molar-refractivity contribution is 6.46. The highest BCUT2D eigenvalue weighted by Crippen LogP contribution is 2.39. The van der Waals surface area contributed by atoms with Gasteiger partial charge in [0.15, 0.2) is 0 Å². The second-order valence-corrected chi connectivity index (χ2v) is 7.68. The van der Waals surface area contributed by atoms with Crippen molar-refractivity contribution in [1.29, 1.82) is 0 Å². The molecule has 7 heteroatoms. The zero-order valence-electron chi connectivity index (χ0n) is 16.3. The molecule has 1 heterocycles. The number of phenolic OH excluding ortho intramolecular Hbond substituents is 1. The van der Waals surface area contributed by atoms with Gasteiger partial charge in [0.1, 0.15) is 11.5 Å². The highest BCUT2D eigenvalue weighted by Gasteiger charge is 2.45. The van der Waals surface area contributed by atoms with Crippen molar-refractivity contribution in [2.24, 2.45) is 0 Å². The lowest BCUT2D eigenvalue weighted by molar-refractivity contribution is -0.139. The quantitative estimate of drug-likeness (QED) is 0.430. The van der Waals surface area contributed by atoms with Gasteiger partial charge in [-0.25, -0.2) is 0 Å². The smallest absolute Gasteiger partial charge is 0.295 e. The third-order valence-electron chi connectivity index (χ3n) is 4.87. The summed E-state index contributed by atoms with van der Waals surface area (Å²) in [6.45, 7) is 1.12. The summed E-state index contributed by atoms with van der Waals surface area (Å²) in [5.41, 5.74) is 1.08. The van der Waals surface area contributed by atoms with Crippen LogP contribution in [0.5, 0.6) is 5.75 Å². The fourth-order valence-electron chi connectivity index (χ4n) is 3.43. The van der Waals surface area contributed by atoms with E-state index in [-0.39, 0.29) is 17.1 Å². The molecule has 3 rings (SSSR count). The molecule has 0 saturated carbocycles. The van der Waals surface area contributed by atoms with Crippen molar-refractivity contribution < 1.29 is 19.8 Å². The van der Waals surface area contributed by atoms with Crippen molar-refractivity contribution in [3.63, 3.8) is 0 Å². The van der Waals surface area contributed by atoms with Crippen LogP contribution in [0.2, 0.25) is 5.02 Å². The lowest BCUT2D eigenvalue weighted by atomic mass is 9.95. The van der Waals surface area contributed by atoms with E-state index >= 15 is 0 Å². The molecule has 1 atom stereocenters. The maximum atomic E-state index is 12.9. The predicted octanol–water partition coefficient (Wildman–Crippen LogP) is 3.42. The second-order valence-electron chi connectivity index (χ2n) is 7.25. The first-order valence-corrected chi connectivity index (χ1v) is 9.65. The van der Waals surface area contributed by atoms with Crippen LogP contribution >= 0.6 is 11.6 Å². The Bertz CT molecular complexity index is 936. The summed E-state index contributed by atoms with van der Waals surface area (Å²) < 4.78 is 0. The first-order valence-electron chi connectivity index (χ1n) is 9.27. The minimum atomic E-state index is -0.728. The van der Waals surface area contributed by atoms with Gasteiger partial charge < -0.3 is 20.0 Å². The molecule has 152 valence electrons. The molecule has 0 aliphatic carbocycles. The van der Waals surface area contributed by atoms with Crippen molar-refractivity contribution in [3.05, 3.63) is 70.3 Å². The van der Waals surface area contributed by atoms with Gasteiger partial charge in [0.05, 0.1) is 11.6 Å². The Labute approximate surface area is 174 Å². The van der Waals surface area contributed by atoms with E-state index in [0.29, 0.717) is 29.1 Å². The Balaban J connectivity index is 2.07. The average Bonchev–Trinajstić information content (AvgIpc) is 2.93. The minimum Gasteiger partial charge on any atom is -0.508 e. The summed E-state index contributed by atoms with van der Waals surface area (Å²) in [5, 5.41) is 21.0. The maximum Gasteiger partial charge on any atom is 0.295 e. The number of halogens is 1. The maximum absolute atomic E-state index is 12.9. The van der Waals surface area contributed by atoms with Crippen LogP contribution in [0.15, 0.2) is 54.1 Å². The van der Waals surface area contributed by atoms with Gasteiger partial charge in [-0.2, -0.15) is 0 Å². The number of rotatable bonds is 6. The number of nitrogens with zero attached hydrogens (tertiary/aromatic N) is 2. The minimum absolute atomic E-state index is 0.0351. The molecule has 1 aliphatic heterocycles. The number of amides is 1. The van der Waals surface area contributed by atoms with Crippen LogP contribution < -0.4 is 0 Å². The topological polar surface area (TPSA) is 81.1 Å². The SMILES string of the molecule is CN(C)CCCN1C(=O)C(=O)/C(=C(\O)c2ccc(Cl)cc2)C1c1ccc(O)cc1. The number of phenols is 1. The summed E-state index contributed by atoms with van der Waals surface area (Å²) in [4.78, 5) is 29.1. The number of benzene rings is 2. The number of aliphatic hydroxyl groups excluding tert-OH is 1. The lowest BCUT2D eigenvalue weighted by Gasteiger charge is -2.26. The van der Waals surface area contributed by atoms with Crippen molar-refractivity contribution in [2.75, 3.05) is 27.2 Å². The number of hydrogen-bond acceptors (Lipinski definition) is 5. The molecule has 6 nitrogen and oxygen atoms in total. The zero-order valence-corrected chi connectivity index (χ0v) is 17.1. The molecule has 1 unspecified atom stereocenters. The van der Waals surface area contributed by atoms with Crippen LogP contribution in [0.4, 0.5) is 0 Å². The van der Waals surface area contributed by atoms with Gasteiger partial charge in [0, 0.05) is 17.1 Å². The predicted molar refractivity (Wildman–Crippen MR) is 112 cm³/mol. The van der Waals surface area contributed by atoms with Crippen LogP contribution in [0, 0.1) is 0 Å². The number of ketones is 1. The molecule has 0 aromatic heterocycles. The first kappa shape index (κ1) is 20.9. The van der Waals surface area contributed by atoms with Gasteiger partial charge >= 0.3 is 0 Å². The molecule has 0 spiro atoms. The van der Waals surface area contributed by atoms with Crippen LogP contribution in [0.3, 0.4) is 0 Å². The van der Waals surface area contributed by atoms with Crippen LogP contribution in [-0.2, 0) is 9.59 Å².